The van der Waals surface area contributed by atoms with Crippen molar-refractivity contribution in [1.82, 2.24) is 15.0 Å². The molecule has 4 rings (SSSR count). The summed E-state index contributed by atoms with van der Waals surface area (Å²) >= 11 is 8.13. The Morgan fingerprint density at radius 2 is 2.21 bits per heavy atom. The van der Waals surface area contributed by atoms with E-state index in [2.05, 4.69) is 9.97 Å². The van der Waals surface area contributed by atoms with Crippen LogP contribution in [0.5, 0.6) is 5.75 Å². The Morgan fingerprint density at radius 3 is 3.08 bits per heavy atom. The van der Waals surface area contributed by atoms with Crippen molar-refractivity contribution in [2.24, 2.45) is 0 Å². The maximum atomic E-state index is 6.39. The highest BCUT2D eigenvalue weighted by Gasteiger charge is 2.24. The number of hydrogen-bond acceptors (Lipinski definition) is 4. The van der Waals surface area contributed by atoms with Gasteiger partial charge in [0.15, 0.2) is 5.16 Å². The first-order valence-electron chi connectivity index (χ1n) is 8.08. The minimum Gasteiger partial charge on any atom is -0.497 e. The molecule has 24 heavy (non-hydrogen) atoms. The number of H-pyrrole nitrogens is 1. The molecule has 0 radical (unpaired) electrons. The molecule has 1 unspecified atom stereocenters. The van der Waals surface area contributed by atoms with Crippen molar-refractivity contribution in [1.29, 1.82) is 0 Å². The van der Waals surface area contributed by atoms with E-state index in [9.17, 15) is 0 Å². The molecule has 1 N–H and O–H groups in total. The molecule has 1 atom stereocenters. The lowest BCUT2D eigenvalue weighted by Crippen LogP contribution is -2.01. The summed E-state index contributed by atoms with van der Waals surface area (Å²) in [5.74, 6) is 0.830. The number of halogens is 1. The smallest absolute Gasteiger partial charge is 0.167 e. The number of fused-ring (bicyclic) bond motifs is 2. The van der Waals surface area contributed by atoms with Crippen LogP contribution in [-0.4, -0.2) is 22.1 Å². The zero-order valence-corrected chi connectivity index (χ0v) is 15.0. The lowest BCUT2D eigenvalue weighted by Gasteiger charge is -2.15. The summed E-state index contributed by atoms with van der Waals surface area (Å²) in [6, 6.07) is 7.77. The number of pyridine rings is 1. The summed E-state index contributed by atoms with van der Waals surface area (Å²) in [5, 5.41) is 2.03. The molecule has 3 aromatic rings. The number of methoxy groups -OCH3 is 1. The van der Waals surface area contributed by atoms with Crippen molar-refractivity contribution in [3.8, 4) is 5.75 Å². The fraction of sp³-hybridized carbons (Fsp3) is 0.333. The highest BCUT2D eigenvalue weighted by atomic mass is 35.5. The standard InChI is InChI=1S/C18H18ClN3OS/c1-23-11-6-7-14-15(10-11)22-18(21-14)24-16-5-3-2-4-12-13(19)8-9-20-17(12)16/h6-10,16H,2-5H2,1H3,(H,21,22). The number of imidazole rings is 1. The van der Waals surface area contributed by atoms with Gasteiger partial charge in [0.1, 0.15) is 5.75 Å². The summed E-state index contributed by atoms with van der Waals surface area (Å²) in [5.41, 5.74) is 4.26. The zero-order chi connectivity index (χ0) is 16.5. The van der Waals surface area contributed by atoms with Crippen molar-refractivity contribution in [3.05, 3.63) is 46.7 Å². The van der Waals surface area contributed by atoms with Gasteiger partial charge in [-0.2, -0.15) is 0 Å². The molecular weight excluding hydrogens is 342 g/mol. The number of nitrogens with zero attached hydrogens (tertiary/aromatic N) is 2. The molecule has 4 nitrogen and oxygen atoms in total. The number of aromatic amines is 1. The van der Waals surface area contributed by atoms with Crippen LogP contribution in [-0.2, 0) is 6.42 Å². The van der Waals surface area contributed by atoms with Crippen LogP contribution in [0.4, 0.5) is 0 Å². The molecule has 0 amide bonds. The van der Waals surface area contributed by atoms with E-state index < -0.39 is 0 Å². The summed E-state index contributed by atoms with van der Waals surface area (Å²) in [4.78, 5) is 12.7. The van der Waals surface area contributed by atoms with Crippen molar-refractivity contribution in [3.63, 3.8) is 0 Å². The van der Waals surface area contributed by atoms with Crippen LogP contribution in [0.2, 0.25) is 5.02 Å². The molecule has 1 aliphatic rings. The molecule has 1 aromatic carbocycles. The number of thioether (sulfide) groups is 1. The molecule has 0 fully saturated rings. The summed E-state index contributed by atoms with van der Waals surface area (Å²) in [6.07, 6.45) is 6.25. The van der Waals surface area contributed by atoms with Crippen molar-refractivity contribution < 1.29 is 4.74 Å². The van der Waals surface area contributed by atoms with Crippen molar-refractivity contribution in [2.45, 2.75) is 36.1 Å². The molecule has 124 valence electrons. The topological polar surface area (TPSA) is 50.8 Å². The van der Waals surface area contributed by atoms with Gasteiger partial charge in [-0.3, -0.25) is 4.98 Å². The molecule has 0 aliphatic heterocycles. The number of aromatic nitrogens is 3. The quantitative estimate of drug-likeness (QED) is 0.654. The number of hydrogen-bond donors (Lipinski definition) is 1. The van der Waals surface area contributed by atoms with Crippen LogP contribution in [0.25, 0.3) is 11.0 Å². The van der Waals surface area contributed by atoms with Gasteiger partial charge in [0.25, 0.3) is 0 Å². The van der Waals surface area contributed by atoms with E-state index in [0.717, 1.165) is 51.9 Å². The lowest BCUT2D eigenvalue weighted by molar-refractivity contribution is 0.415. The number of benzene rings is 1. The molecule has 2 heterocycles. The van der Waals surface area contributed by atoms with Crippen molar-refractivity contribution in [2.75, 3.05) is 7.11 Å². The second kappa shape index (κ2) is 6.65. The van der Waals surface area contributed by atoms with Crippen LogP contribution in [0.1, 0.15) is 35.8 Å². The van der Waals surface area contributed by atoms with E-state index >= 15 is 0 Å². The molecule has 0 spiro atoms. The molecule has 6 heteroatoms. The first-order chi connectivity index (χ1) is 11.7. The summed E-state index contributed by atoms with van der Waals surface area (Å²) in [6.45, 7) is 0. The number of nitrogens with one attached hydrogen (secondary N) is 1. The van der Waals surface area contributed by atoms with Crippen molar-refractivity contribution >= 4 is 34.4 Å². The van der Waals surface area contributed by atoms with Gasteiger partial charge in [0.2, 0.25) is 0 Å². The zero-order valence-electron chi connectivity index (χ0n) is 13.4. The van der Waals surface area contributed by atoms with Crippen LogP contribution in [0.3, 0.4) is 0 Å². The van der Waals surface area contributed by atoms with Gasteiger partial charge in [-0.15, -0.1) is 0 Å². The van der Waals surface area contributed by atoms with Gasteiger partial charge in [-0.05, 0) is 43.0 Å². The summed E-state index contributed by atoms with van der Waals surface area (Å²) < 4.78 is 5.28. The van der Waals surface area contributed by atoms with Gasteiger partial charge in [0, 0.05) is 17.3 Å². The normalized spacial score (nSPS) is 17.5. The summed E-state index contributed by atoms with van der Waals surface area (Å²) in [7, 11) is 1.67. The van der Waals surface area contributed by atoms with E-state index in [4.69, 9.17) is 21.3 Å². The van der Waals surface area contributed by atoms with Crippen LogP contribution < -0.4 is 4.74 Å². The van der Waals surface area contributed by atoms with Gasteiger partial charge < -0.3 is 9.72 Å². The fourth-order valence-electron chi connectivity index (χ4n) is 3.17. The Balaban J connectivity index is 1.67. The number of rotatable bonds is 3. The molecule has 0 saturated heterocycles. The van der Waals surface area contributed by atoms with Gasteiger partial charge >= 0.3 is 0 Å². The number of ether oxygens (including phenoxy) is 1. The van der Waals surface area contributed by atoms with E-state index in [-0.39, 0.29) is 5.25 Å². The Kier molecular flexibility index (Phi) is 4.37. The van der Waals surface area contributed by atoms with E-state index in [1.807, 2.05) is 30.5 Å². The van der Waals surface area contributed by atoms with Gasteiger partial charge in [-0.1, -0.05) is 29.8 Å². The molecule has 0 saturated carbocycles. The monoisotopic (exact) mass is 359 g/mol. The van der Waals surface area contributed by atoms with Gasteiger partial charge in [0.05, 0.1) is 29.1 Å². The third-order valence-electron chi connectivity index (χ3n) is 4.40. The van der Waals surface area contributed by atoms with E-state index in [0.29, 0.717) is 0 Å². The average Bonchev–Trinajstić information content (AvgIpc) is 2.88. The predicted octanol–water partition coefficient (Wildman–Crippen LogP) is 5.18. The molecular formula is C18H18ClN3OS. The van der Waals surface area contributed by atoms with Crippen LogP contribution >= 0.6 is 23.4 Å². The Labute approximate surface area is 150 Å². The lowest BCUT2D eigenvalue weighted by atomic mass is 10.1. The molecule has 1 aliphatic carbocycles. The van der Waals surface area contributed by atoms with Gasteiger partial charge in [-0.25, -0.2) is 4.98 Å². The molecule has 2 aromatic heterocycles. The average molecular weight is 360 g/mol. The maximum Gasteiger partial charge on any atom is 0.167 e. The first kappa shape index (κ1) is 15.8. The molecule has 0 bridgehead atoms. The van der Waals surface area contributed by atoms with E-state index in [1.54, 1.807) is 18.9 Å². The third-order valence-corrected chi connectivity index (χ3v) is 5.92. The predicted molar refractivity (Wildman–Crippen MR) is 98.0 cm³/mol. The minimum atomic E-state index is 0.281. The fourth-order valence-corrected chi connectivity index (χ4v) is 4.61. The second-order valence-electron chi connectivity index (χ2n) is 5.93. The Bertz CT molecular complexity index is 880. The van der Waals surface area contributed by atoms with Crippen LogP contribution in [0.15, 0.2) is 35.6 Å². The van der Waals surface area contributed by atoms with Crippen LogP contribution in [0, 0.1) is 0 Å². The first-order valence-corrected chi connectivity index (χ1v) is 9.34. The highest BCUT2D eigenvalue weighted by Crippen LogP contribution is 2.42. The second-order valence-corrected chi connectivity index (χ2v) is 7.53. The Hall–Kier alpha value is -1.72. The van der Waals surface area contributed by atoms with E-state index in [1.165, 1.54) is 12.0 Å². The Morgan fingerprint density at radius 1 is 1.29 bits per heavy atom. The third kappa shape index (κ3) is 2.98. The SMILES string of the molecule is COc1ccc2nc(SC3CCCCc4c(Cl)ccnc43)[nH]c2c1. The maximum absolute atomic E-state index is 6.39. The minimum absolute atomic E-state index is 0.281. The highest BCUT2D eigenvalue weighted by molar-refractivity contribution is 7.99. The largest absolute Gasteiger partial charge is 0.497 e.